The molecule has 0 bridgehead atoms. The van der Waals surface area contributed by atoms with Crippen LogP contribution in [-0.4, -0.2) is 12.3 Å². The third-order valence-corrected chi connectivity index (χ3v) is 3.81. The zero-order valence-electron chi connectivity index (χ0n) is 10.4. The zero-order chi connectivity index (χ0) is 11.8. The summed E-state index contributed by atoms with van der Waals surface area (Å²) >= 11 is 1.90. The normalized spacial score (nSPS) is 12.7. The minimum absolute atomic E-state index is 0.684. The molecule has 1 nitrogen and oxygen atoms in total. The van der Waals surface area contributed by atoms with Gasteiger partial charge in [0, 0.05) is 4.90 Å². The maximum absolute atomic E-state index is 5.57. The minimum Gasteiger partial charge on any atom is -0.330 e. The van der Waals surface area contributed by atoms with E-state index in [0.717, 1.165) is 18.7 Å². The van der Waals surface area contributed by atoms with E-state index in [0.29, 0.717) is 5.92 Å². The van der Waals surface area contributed by atoms with Crippen LogP contribution in [0.3, 0.4) is 0 Å². The first-order chi connectivity index (χ1) is 7.81. The van der Waals surface area contributed by atoms with E-state index in [1.807, 2.05) is 11.8 Å². The average molecular weight is 237 g/mol. The number of benzene rings is 1. The Morgan fingerprint density at radius 3 is 2.38 bits per heavy atom. The number of nitrogens with two attached hydrogens (primary N) is 1. The van der Waals surface area contributed by atoms with Crippen molar-refractivity contribution in [2.24, 2.45) is 5.73 Å². The molecule has 1 atom stereocenters. The number of thioether (sulfide) groups is 1. The van der Waals surface area contributed by atoms with Crippen LogP contribution in [-0.2, 0) is 0 Å². The molecule has 1 rings (SSSR count). The molecule has 16 heavy (non-hydrogen) atoms. The van der Waals surface area contributed by atoms with Crippen LogP contribution < -0.4 is 5.73 Å². The number of hydrogen-bond donors (Lipinski definition) is 1. The van der Waals surface area contributed by atoms with Gasteiger partial charge in [0.2, 0.25) is 0 Å². The van der Waals surface area contributed by atoms with Crippen LogP contribution in [0.25, 0.3) is 0 Å². The van der Waals surface area contributed by atoms with Gasteiger partial charge in [0.05, 0.1) is 0 Å². The predicted molar refractivity (Wildman–Crippen MR) is 74.2 cm³/mol. The van der Waals surface area contributed by atoms with Crippen molar-refractivity contribution in [3.8, 4) is 0 Å². The van der Waals surface area contributed by atoms with Gasteiger partial charge in [-0.3, -0.25) is 0 Å². The third-order valence-electron chi connectivity index (χ3n) is 2.91. The smallest absolute Gasteiger partial charge is 0.00720 e. The highest BCUT2D eigenvalue weighted by atomic mass is 32.2. The van der Waals surface area contributed by atoms with Crippen LogP contribution in [0.4, 0.5) is 0 Å². The van der Waals surface area contributed by atoms with E-state index < -0.39 is 0 Å². The van der Waals surface area contributed by atoms with Gasteiger partial charge in [0.25, 0.3) is 0 Å². The van der Waals surface area contributed by atoms with Crippen molar-refractivity contribution < 1.29 is 0 Å². The molecule has 1 aromatic carbocycles. The molecule has 0 spiro atoms. The molecular formula is C14H23NS. The van der Waals surface area contributed by atoms with Crippen molar-refractivity contribution >= 4 is 11.8 Å². The number of rotatable bonds is 7. The molecule has 1 unspecified atom stereocenters. The van der Waals surface area contributed by atoms with E-state index >= 15 is 0 Å². The fourth-order valence-corrected chi connectivity index (χ4v) is 2.64. The average Bonchev–Trinajstić information content (AvgIpc) is 2.32. The lowest BCUT2D eigenvalue weighted by atomic mass is 9.92. The Morgan fingerprint density at radius 1 is 1.19 bits per heavy atom. The van der Waals surface area contributed by atoms with E-state index in [1.54, 1.807) is 0 Å². The van der Waals surface area contributed by atoms with Gasteiger partial charge in [-0.15, -0.1) is 11.8 Å². The first-order valence-corrected chi connectivity index (χ1v) is 7.23. The van der Waals surface area contributed by atoms with Crippen molar-refractivity contribution in [1.82, 2.24) is 0 Å². The standard InChI is InChI=1S/C14H23NS/c1-3-12(6-5-11-15)13-7-9-14(10-8-13)16-4-2/h7-10,12H,3-6,11,15H2,1-2H3. The van der Waals surface area contributed by atoms with Gasteiger partial charge >= 0.3 is 0 Å². The van der Waals surface area contributed by atoms with Gasteiger partial charge in [0.1, 0.15) is 0 Å². The molecule has 0 amide bonds. The summed E-state index contributed by atoms with van der Waals surface area (Å²) in [6.45, 7) is 5.25. The topological polar surface area (TPSA) is 26.0 Å². The molecule has 0 aromatic heterocycles. The Kier molecular flexibility index (Phi) is 6.58. The van der Waals surface area contributed by atoms with E-state index in [1.165, 1.54) is 23.3 Å². The van der Waals surface area contributed by atoms with E-state index in [-0.39, 0.29) is 0 Å². The van der Waals surface area contributed by atoms with E-state index in [9.17, 15) is 0 Å². The molecule has 0 aliphatic rings. The third kappa shape index (κ3) is 4.18. The molecule has 0 aliphatic carbocycles. The van der Waals surface area contributed by atoms with Crippen molar-refractivity contribution in [3.63, 3.8) is 0 Å². The fraction of sp³-hybridized carbons (Fsp3) is 0.571. The zero-order valence-corrected chi connectivity index (χ0v) is 11.2. The summed E-state index contributed by atoms with van der Waals surface area (Å²) in [6, 6.07) is 9.05. The summed E-state index contributed by atoms with van der Waals surface area (Å²) in [5, 5.41) is 0. The summed E-state index contributed by atoms with van der Waals surface area (Å²) in [5.41, 5.74) is 7.04. The summed E-state index contributed by atoms with van der Waals surface area (Å²) in [5.74, 6) is 1.83. The highest BCUT2D eigenvalue weighted by Crippen LogP contribution is 2.26. The molecule has 0 aliphatic heterocycles. The van der Waals surface area contributed by atoms with Gasteiger partial charge in [-0.1, -0.05) is 26.0 Å². The molecule has 0 saturated heterocycles. The molecular weight excluding hydrogens is 214 g/mol. The fourth-order valence-electron chi connectivity index (χ4n) is 1.97. The van der Waals surface area contributed by atoms with E-state index in [2.05, 4.69) is 38.1 Å². The first-order valence-electron chi connectivity index (χ1n) is 6.24. The summed E-state index contributed by atoms with van der Waals surface area (Å²) < 4.78 is 0. The molecule has 0 saturated carbocycles. The second-order valence-corrected chi connectivity index (χ2v) is 5.38. The SMILES string of the molecule is CCSc1ccc(C(CC)CCCN)cc1. The molecule has 90 valence electrons. The van der Waals surface area contributed by atoms with Crippen LogP contribution in [0.2, 0.25) is 0 Å². The Bertz CT molecular complexity index is 281. The van der Waals surface area contributed by atoms with Crippen molar-refractivity contribution in [2.75, 3.05) is 12.3 Å². The van der Waals surface area contributed by atoms with Crippen molar-refractivity contribution in [1.29, 1.82) is 0 Å². The van der Waals surface area contributed by atoms with Crippen LogP contribution >= 0.6 is 11.8 Å². The Labute approximate surface area is 104 Å². The lowest BCUT2D eigenvalue weighted by molar-refractivity contribution is 0.581. The van der Waals surface area contributed by atoms with Gasteiger partial charge in [-0.2, -0.15) is 0 Å². The van der Waals surface area contributed by atoms with Crippen LogP contribution in [0.5, 0.6) is 0 Å². The second kappa shape index (κ2) is 7.75. The molecule has 2 heteroatoms. The quantitative estimate of drug-likeness (QED) is 0.725. The Morgan fingerprint density at radius 2 is 1.88 bits per heavy atom. The highest BCUT2D eigenvalue weighted by Gasteiger charge is 2.08. The minimum atomic E-state index is 0.684. The lowest BCUT2D eigenvalue weighted by Crippen LogP contribution is -2.03. The van der Waals surface area contributed by atoms with Crippen molar-refractivity contribution in [2.45, 2.75) is 43.9 Å². The molecule has 1 aromatic rings. The predicted octanol–water partition coefficient (Wildman–Crippen LogP) is 4.03. The summed E-state index contributed by atoms with van der Waals surface area (Å²) in [6.07, 6.45) is 3.55. The van der Waals surface area contributed by atoms with Gasteiger partial charge in [0.15, 0.2) is 0 Å². The maximum atomic E-state index is 5.57. The molecule has 2 N–H and O–H groups in total. The van der Waals surface area contributed by atoms with E-state index in [4.69, 9.17) is 5.73 Å². The summed E-state index contributed by atoms with van der Waals surface area (Å²) in [7, 11) is 0. The largest absolute Gasteiger partial charge is 0.330 e. The van der Waals surface area contributed by atoms with Gasteiger partial charge in [-0.25, -0.2) is 0 Å². The van der Waals surface area contributed by atoms with Crippen LogP contribution in [0.1, 0.15) is 44.6 Å². The second-order valence-electron chi connectivity index (χ2n) is 4.04. The van der Waals surface area contributed by atoms with Gasteiger partial charge in [-0.05, 0) is 55.2 Å². The van der Waals surface area contributed by atoms with Gasteiger partial charge < -0.3 is 5.73 Å². The van der Waals surface area contributed by atoms with Crippen LogP contribution in [0.15, 0.2) is 29.2 Å². The Balaban J connectivity index is 2.62. The number of hydrogen-bond acceptors (Lipinski definition) is 2. The highest BCUT2D eigenvalue weighted by molar-refractivity contribution is 7.99. The monoisotopic (exact) mass is 237 g/mol. The molecule has 0 fully saturated rings. The lowest BCUT2D eigenvalue weighted by Gasteiger charge is -2.15. The maximum Gasteiger partial charge on any atom is 0.00720 e. The molecule has 0 radical (unpaired) electrons. The Hall–Kier alpha value is -0.470. The summed E-state index contributed by atoms with van der Waals surface area (Å²) in [4.78, 5) is 1.37. The molecule has 0 heterocycles. The first kappa shape index (κ1) is 13.6. The van der Waals surface area contributed by atoms with Crippen molar-refractivity contribution in [3.05, 3.63) is 29.8 Å². The van der Waals surface area contributed by atoms with Crippen LogP contribution in [0, 0.1) is 0 Å².